The Morgan fingerprint density at radius 1 is 1.21 bits per heavy atom. The van der Waals surface area contributed by atoms with Crippen molar-refractivity contribution < 1.29 is 19.0 Å². The van der Waals surface area contributed by atoms with E-state index in [-0.39, 0.29) is 24.8 Å². The van der Waals surface area contributed by atoms with Crippen molar-refractivity contribution in [3.8, 4) is 0 Å². The fourth-order valence-electron chi connectivity index (χ4n) is 1.57. The maximum absolute atomic E-state index is 11.1. The van der Waals surface area contributed by atoms with Crippen LogP contribution < -0.4 is 0 Å². The summed E-state index contributed by atoms with van der Waals surface area (Å²) in [7, 11) is 1.39. The van der Waals surface area contributed by atoms with Crippen molar-refractivity contribution in [3.05, 3.63) is 35.9 Å². The molecule has 2 atom stereocenters. The minimum Gasteiger partial charge on any atom is -0.469 e. The van der Waals surface area contributed by atoms with Crippen molar-refractivity contribution in [2.75, 3.05) is 13.9 Å². The molecule has 0 aliphatic carbocycles. The molecule has 0 aromatic heterocycles. The zero-order chi connectivity index (χ0) is 14.1. The third-order valence-corrected chi connectivity index (χ3v) is 3.04. The van der Waals surface area contributed by atoms with Crippen LogP contribution in [0.3, 0.4) is 0 Å². The quantitative estimate of drug-likeness (QED) is 0.412. The second-order valence-corrected chi connectivity index (χ2v) is 4.58. The summed E-state index contributed by atoms with van der Waals surface area (Å²) >= 11 is 0. The molecule has 1 aromatic rings. The molecule has 0 saturated heterocycles. The number of methoxy groups -OCH3 is 1. The normalized spacial score (nSPS) is 13.8. The molecule has 0 bridgehead atoms. The molecule has 19 heavy (non-hydrogen) atoms. The summed E-state index contributed by atoms with van der Waals surface area (Å²) in [5, 5.41) is 0. The molecule has 0 unspecified atom stereocenters. The average Bonchev–Trinajstić information content (AvgIpc) is 2.44. The van der Waals surface area contributed by atoms with Crippen LogP contribution in [0.2, 0.25) is 0 Å². The van der Waals surface area contributed by atoms with Crippen LogP contribution in [0.1, 0.15) is 25.8 Å². The van der Waals surface area contributed by atoms with Gasteiger partial charge in [0, 0.05) is 0 Å². The van der Waals surface area contributed by atoms with Gasteiger partial charge in [0.2, 0.25) is 0 Å². The van der Waals surface area contributed by atoms with Gasteiger partial charge in [-0.15, -0.1) is 0 Å². The number of rotatable bonds is 8. The summed E-state index contributed by atoms with van der Waals surface area (Å²) in [6, 6.07) is 9.92. The number of benzene rings is 1. The molecule has 106 valence electrons. The van der Waals surface area contributed by atoms with Gasteiger partial charge in [-0.1, -0.05) is 37.3 Å². The highest BCUT2D eigenvalue weighted by Crippen LogP contribution is 2.12. The van der Waals surface area contributed by atoms with Crippen LogP contribution in [0.4, 0.5) is 0 Å². The Kier molecular flexibility index (Phi) is 7.15. The summed E-state index contributed by atoms with van der Waals surface area (Å²) < 4.78 is 15.6. The van der Waals surface area contributed by atoms with Gasteiger partial charge in [0.1, 0.15) is 6.79 Å². The first-order valence-electron chi connectivity index (χ1n) is 6.43. The summed E-state index contributed by atoms with van der Waals surface area (Å²) in [5.41, 5.74) is 1.11. The highest BCUT2D eigenvalue weighted by atomic mass is 16.7. The molecular formula is C15H22O4. The van der Waals surface area contributed by atoms with E-state index in [0.29, 0.717) is 13.0 Å². The lowest BCUT2D eigenvalue weighted by Crippen LogP contribution is -2.22. The fourth-order valence-corrected chi connectivity index (χ4v) is 1.57. The largest absolute Gasteiger partial charge is 0.469 e. The molecular weight excluding hydrogens is 244 g/mol. The van der Waals surface area contributed by atoms with Gasteiger partial charge in [0.05, 0.1) is 26.2 Å². The fraction of sp³-hybridized carbons (Fsp3) is 0.533. The SMILES string of the molecule is COC(=O)C[C@@H](C)[C@H](C)OCOCc1ccccc1. The maximum Gasteiger partial charge on any atom is 0.305 e. The molecule has 0 aliphatic rings. The van der Waals surface area contributed by atoms with Gasteiger partial charge in [0.25, 0.3) is 0 Å². The molecule has 0 fully saturated rings. The standard InChI is InChI=1S/C15H22O4/c1-12(9-15(16)17-3)13(2)19-11-18-10-14-7-5-4-6-8-14/h4-8,12-13H,9-11H2,1-3H3/t12-,13+/m1/s1. The molecule has 0 spiro atoms. The lowest BCUT2D eigenvalue weighted by Gasteiger charge is -2.19. The number of hydrogen-bond donors (Lipinski definition) is 0. The monoisotopic (exact) mass is 266 g/mol. The molecule has 0 saturated carbocycles. The van der Waals surface area contributed by atoms with Gasteiger partial charge in [0.15, 0.2) is 0 Å². The van der Waals surface area contributed by atoms with Gasteiger partial charge in [-0.25, -0.2) is 0 Å². The Morgan fingerprint density at radius 2 is 1.89 bits per heavy atom. The molecule has 1 aromatic carbocycles. The Hall–Kier alpha value is -1.39. The Morgan fingerprint density at radius 3 is 2.53 bits per heavy atom. The molecule has 4 nitrogen and oxygen atoms in total. The van der Waals surface area contributed by atoms with Gasteiger partial charge in [-0.05, 0) is 18.4 Å². The number of hydrogen-bond acceptors (Lipinski definition) is 4. The third-order valence-electron chi connectivity index (χ3n) is 3.04. The number of ether oxygens (including phenoxy) is 3. The van der Waals surface area contributed by atoms with Crippen molar-refractivity contribution in [1.29, 1.82) is 0 Å². The molecule has 0 N–H and O–H groups in total. The Balaban J connectivity index is 2.16. The van der Waals surface area contributed by atoms with Crippen LogP contribution >= 0.6 is 0 Å². The molecule has 0 heterocycles. The van der Waals surface area contributed by atoms with Crippen LogP contribution in [0, 0.1) is 5.92 Å². The van der Waals surface area contributed by atoms with E-state index in [0.717, 1.165) is 5.56 Å². The molecule has 0 radical (unpaired) electrons. The van der Waals surface area contributed by atoms with Crippen molar-refractivity contribution in [3.63, 3.8) is 0 Å². The van der Waals surface area contributed by atoms with E-state index in [1.165, 1.54) is 7.11 Å². The van der Waals surface area contributed by atoms with E-state index < -0.39 is 0 Å². The number of carbonyl (C=O) groups is 1. The third kappa shape index (κ3) is 6.36. The van der Waals surface area contributed by atoms with E-state index >= 15 is 0 Å². The summed E-state index contributed by atoms with van der Waals surface area (Å²) in [5.74, 6) is -0.110. The highest BCUT2D eigenvalue weighted by molar-refractivity contribution is 5.69. The van der Waals surface area contributed by atoms with E-state index in [4.69, 9.17) is 9.47 Å². The van der Waals surface area contributed by atoms with Crippen molar-refractivity contribution in [1.82, 2.24) is 0 Å². The van der Waals surface area contributed by atoms with E-state index in [2.05, 4.69) is 4.74 Å². The predicted molar refractivity (Wildman–Crippen MR) is 72.4 cm³/mol. The Labute approximate surface area is 114 Å². The second kappa shape index (κ2) is 8.67. The van der Waals surface area contributed by atoms with Crippen LogP contribution in [0.25, 0.3) is 0 Å². The summed E-state index contributed by atoms with van der Waals surface area (Å²) in [6.07, 6.45) is 0.311. The molecule has 0 amide bonds. The van der Waals surface area contributed by atoms with Crippen molar-refractivity contribution in [2.24, 2.45) is 5.92 Å². The predicted octanol–water partition coefficient (Wildman–Crippen LogP) is 2.77. The van der Waals surface area contributed by atoms with Crippen LogP contribution in [0.15, 0.2) is 30.3 Å². The minimum atomic E-state index is -0.215. The summed E-state index contributed by atoms with van der Waals surface area (Å²) in [4.78, 5) is 11.1. The van der Waals surface area contributed by atoms with Gasteiger partial charge in [-0.2, -0.15) is 0 Å². The number of esters is 1. The topological polar surface area (TPSA) is 44.8 Å². The molecule has 4 heteroatoms. The van der Waals surface area contributed by atoms with E-state index in [1.54, 1.807) is 0 Å². The maximum atomic E-state index is 11.1. The minimum absolute atomic E-state index is 0.0464. The van der Waals surface area contributed by atoms with Crippen molar-refractivity contribution in [2.45, 2.75) is 33.0 Å². The first-order chi connectivity index (χ1) is 9.13. The first-order valence-corrected chi connectivity index (χ1v) is 6.43. The van der Waals surface area contributed by atoms with E-state index in [9.17, 15) is 4.79 Å². The lowest BCUT2D eigenvalue weighted by atomic mass is 10.0. The van der Waals surface area contributed by atoms with E-state index in [1.807, 2.05) is 44.2 Å². The van der Waals surface area contributed by atoms with Gasteiger partial charge < -0.3 is 14.2 Å². The van der Waals surface area contributed by atoms with Crippen molar-refractivity contribution >= 4 is 5.97 Å². The van der Waals surface area contributed by atoms with Gasteiger partial charge >= 0.3 is 5.97 Å². The number of carbonyl (C=O) groups excluding carboxylic acids is 1. The summed E-state index contributed by atoms with van der Waals surface area (Å²) in [6.45, 7) is 4.64. The van der Waals surface area contributed by atoms with Crippen LogP contribution in [0.5, 0.6) is 0 Å². The second-order valence-electron chi connectivity index (χ2n) is 4.58. The van der Waals surface area contributed by atoms with Gasteiger partial charge in [-0.3, -0.25) is 4.79 Å². The zero-order valence-corrected chi connectivity index (χ0v) is 11.8. The highest BCUT2D eigenvalue weighted by Gasteiger charge is 2.16. The molecule has 0 aliphatic heterocycles. The molecule has 1 rings (SSSR count). The van der Waals surface area contributed by atoms with Crippen LogP contribution in [-0.2, 0) is 25.6 Å². The lowest BCUT2D eigenvalue weighted by molar-refractivity contribution is -0.145. The zero-order valence-electron chi connectivity index (χ0n) is 11.8. The first kappa shape index (κ1) is 15.7. The average molecular weight is 266 g/mol. The smallest absolute Gasteiger partial charge is 0.305 e. The van der Waals surface area contributed by atoms with Crippen LogP contribution in [-0.4, -0.2) is 26.0 Å². The Bertz CT molecular complexity index is 364.